The third-order valence-corrected chi connectivity index (χ3v) is 5.08. The highest BCUT2D eigenvalue weighted by Gasteiger charge is 2.19. The summed E-state index contributed by atoms with van der Waals surface area (Å²) in [5.41, 5.74) is 3.93. The van der Waals surface area contributed by atoms with Crippen LogP contribution in [0.15, 0.2) is 54.7 Å². The van der Waals surface area contributed by atoms with Gasteiger partial charge >= 0.3 is 0 Å². The molecule has 4 heteroatoms. The molecule has 0 saturated carbocycles. The van der Waals surface area contributed by atoms with E-state index >= 15 is 0 Å². The van der Waals surface area contributed by atoms with Gasteiger partial charge in [-0.1, -0.05) is 30.3 Å². The average Bonchev–Trinajstić information content (AvgIpc) is 3.04. The second-order valence-corrected chi connectivity index (χ2v) is 6.77. The maximum Gasteiger partial charge on any atom is 0.128 e. The number of rotatable bonds is 5. The van der Waals surface area contributed by atoms with Crippen LogP contribution in [0.1, 0.15) is 11.1 Å². The summed E-state index contributed by atoms with van der Waals surface area (Å²) in [6, 6.07) is 16.7. The van der Waals surface area contributed by atoms with Crippen molar-refractivity contribution >= 4 is 10.9 Å². The number of methoxy groups -OCH3 is 1. The van der Waals surface area contributed by atoms with E-state index in [4.69, 9.17) is 4.74 Å². The monoisotopic (exact) mass is 336 g/mol. The average molecular weight is 336 g/mol. The van der Waals surface area contributed by atoms with E-state index in [1.807, 2.05) is 18.3 Å². The minimum absolute atomic E-state index is 0.396. The molecule has 0 radical (unpaired) electrons. The highest BCUT2D eigenvalue weighted by molar-refractivity contribution is 5.86. The van der Waals surface area contributed by atoms with Gasteiger partial charge in [0, 0.05) is 37.8 Å². The summed E-state index contributed by atoms with van der Waals surface area (Å²) >= 11 is 0. The van der Waals surface area contributed by atoms with Crippen molar-refractivity contribution in [2.75, 3.05) is 20.2 Å². The lowest BCUT2D eigenvalue weighted by molar-refractivity contribution is 0.0928. The number of aliphatic hydroxyl groups excluding tert-OH is 1. The SMILES string of the molecule is COc1cccc2c1ccn2C[C@H](O)CN1CCc2ccccc2C1. The lowest BCUT2D eigenvalue weighted by Crippen LogP contribution is -2.38. The van der Waals surface area contributed by atoms with Gasteiger partial charge in [-0.2, -0.15) is 0 Å². The van der Waals surface area contributed by atoms with Crippen molar-refractivity contribution in [3.63, 3.8) is 0 Å². The molecule has 0 aliphatic carbocycles. The third kappa shape index (κ3) is 3.28. The first-order valence-electron chi connectivity index (χ1n) is 8.83. The zero-order valence-corrected chi connectivity index (χ0v) is 14.6. The maximum absolute atomic E-state index is 10.6. The summed E-state index contributed by atoms with van der Waals surface area (Å²) in [6.45, 7) is 3.22. The molecule has 4 rings (SSSR count). The molecular formula is C21H24N2O2. The predicted molar refractivity (Wildman–Crippen MR) is 99.9 cm³/mol. The molecule has 0 saturated heterocycles. The summed E-state index contributed by atoms with van der Waals surface area (Å²) in [6.07, 6.45) is 2.70. The number of β-amino-alcohol motifs (C(OH)–C–C–N with tert-alkyl or cyclic N) is 1. The molecule has 130 valence electrons. The molecule has 1 atom stereocenters. The number of fused-ring (bicyclic) bond motifs is 2. The van der Waals surface area contributed by atoms with Crippen molar-refractivity contribution in [2.24, 2.45) is 0 Å². The topological polar surface area (TPSA) is 37.6 Å². The fraction of sp³-hybridized carbons (Fsp3) is 0.333. The molecule has 2 aromatic carbocycles. The first-order chi connectivity index (χ1) is 12.2. The largest absolute Gasteiger partial charge is 0.496 e. The van der Waals surface area contributed by atoms with E-state index in [9.17, 15) is 5.11 Å². The van der Waals surface area contributed by atoms with Gasteiger partial charge in [0.2, 0.25) is 0 Å². The number of hydrogen-bond donors (Lipinski definition) is 1. The molecule has 0 spiro atoms. The number of aromatic nitrogens is 1. The van der Waals surface area contributed by atoms with Gasteiger partial charge in [-0.15, -0.1) is 0 Å². The van der Waals surface area contributed by atoms with Crippen molar-refractivity contribution in [1.82, 2.24) is 9.47 Å². The second-order valence-electron chi connectivity index (χ2n) is 6.77. The van der Waals surface area contributed by atoms with E-state index in [0.717, 1.165) is 36.2 Å². The first-order valence-corrected chi connectivity index (χ1v) is 8.83. The summed E-state index contributed by atoms with van der Waals surface area (Å²) in [4.78, 5) is 2.35. The number of ether oxygens (including phenoxy) is 1. The number of benzene rings is 2. The molecule has 1 aliphatic rings. The van der Waals surface area contributed by atoms with E-state index in [1.165, 1.54) is 11.1 Å². The van der Waals surface area contributed by atoms with E-state index in [0.29, 0.717) is 13.1 Å². The summed E-state index contributed by atoms with van der Waals surface area (Å²) in [7, 11) is 1.69. The van der Waals surface area contributed by atoms with Gasteiger partial charge in [0.15, 0.2) is 0 Å². The van der Waals surface area contributed by atoms with Crippen LogP contribution in [0.3, 0.4) is 0 Å². The van der Waals surface area contributed by atoms with Gasteiger partial charge < -0.3 is 14.4 Å². The Morgan fingerprint density at radius 2 is 1.88 bits per heavy atom. The molecule has 25 heavy (non-hydrogen) atoms. The standard InChI is InChI=1S/C21H24N2O2/c1-25-21-8-4-7-20-19(21)10-12-23(20)15-18(24)14-22-11-9-16-5-2-3-6-17(16)13-22/h2-8,10,12,18,24H,9,11,13-15H2,1H3/t18-/m1/s1. The molecule has 0 fully saturated rings. The Morgan fingerprint density at radius 3 is 2.72 bits per heavy atom. The molecule has 2 heterocycles. The number of nitrogens with zero attached hydrogens (tertiary/aromatic N) is 2. The Bertz CT molecular complexity index is 871. The second kappa shape index (κ2) is 6.90. The van der Waals surface area contributed by atoms with Gasteiger partial charge in [-0.05, 0) is 35.7 Å². The first kappa shape index (κ1) is 16.2. The summed E-state index contributed by atoms with van der Waals surface area (Å²) in [5.74, 6) is 0.873. The molecule has 0 unspecified atom stereocenters. The molecule has 4 nitrogen and oxygen atoms in total. The van der Waals surface area contributed by atoms with Crippen LogP contribution in [0, 0.1) is 0 Å². The zero-order chi connectivity index (χ0) is 17.2. The van der Waals surface area contributed by atoms with Crippen LogP contribution in [0.5, 0.6) is 5.75 Å². The minimum atomic E-state index is -0.396. The van der Waals surface area contributed by atoms with Crippen LogP contribution in [0.25, 0.3) is 10.9 Å². The Hall–Kier alpha value is -2.30. The summed E-state index contributed by atoms with van der Waals surface area (Å²) in [5, 5.41) is 11.7. The van der Waals surface area contributed by atoms with Crippen LogP contribution < -0.4 is 4.74 Å². The van der Waals surface area contributed by atoms with Crippen LogP contribution in [-0.4, -0.2) is 40.9 Å². The highest BCUT2D eigenvalue weighted by Crippen LogP contribution is 2.26. The molecular weight excluding hydrogens is 312 g/mol. The molecule has 0 amide bonds. The van der Waals surface area contributed by atoms with Gasteiger partial charge in [0.25, 0.3) is 0 Å². The van der Waals surface area contributed by atoms with Crippen LogP contribution in [0.2, 0.25) is 0 Å². The molecule has 1 aliphatic heterocycles. The quantitative estimate of drug-likeness (QED) is 0.778. The van der Waals surface area contributed by atoms with Crippen molar-refractivity contribution in [1.29, 1.82) is 0 Å². The fourth-order valence-corrected chi connectivity index (χ4v) is 3.83. The Balaban J connectivity index is 1.44. The highest BCUT2D eigenvalue weighted by atomic mass is 16.5. The third-order valence-electron chi connectivity index (χ3n) is 5.08. The Morgan fingerprint density at radius 1 is 1.04 bits per heavy atom. The lowest BCUT2D eigenvalue weighted by atomic mass is 10.00. The normalized spacial score (nSPS) is 15.9. The van der Waals surface area contributed by atoms with E-state index in [2.05, 4.69) is 45.9 Å². The summed E-state index contributed by atoms with van der Waals surface area (Å²) < 4.78 is 7.53. The predicted octanol–water partition coefficient (Wildman–Crippen LogP) is 3.07. The number of aliphatic hydroxyl groups is 1. The van der Waals surface area contributed by atoms with Gasteiger partial charge in [-0.25, -0.2) is 0 Å². The Labute approximate surface area is 148 Å². The molecule has 3 aromatic rings. The van der Waals surface area contributed by atoms with Crippen LogP contribution in [-0.2, 0) is 19.5 Å². The molecule has 1 N–H and O–H groups in total. The smallest absolute Gasteiger partial charge is 0.128 e. The van der Waals surface area contributed by atoms with E-state index in [1.54, 1.807) is 7.11 Å². The Kier molecular flexibility index (Phi) is 4.47. The lowest BCUT2D eigenvalue weighted by Gasteiger charge is -2.30. The molecule has 0 bridgehead atoms. The van der Waals surface area contributed by atoms with Crippen LogP contribution in [0.4, 0.5) is 0 Å². The fourth-order valence-electron chi connectivity index (χ4n) is 3.83. The van der Waals surface area contributed by atoms with Crippen LogP contribution >= 0.6 is 0 Å². The van der Waals surface area contributed by atoms with Crippen molar-refractivity contribution in [3.8, 4) is 5.75 Å². The van der Waals surface area contributed by atoms with E-state index < -0.39 is 6.10 Å². The van der Waals surface area contributed by atoms with Crippen molar-refractivity contribution in [3.05, 3.63) is 65.9 Å². The van der Waals surface area contributed by atoms with Gasteiger partial charge in [0.1, 0.15) is 5.75 Å². The molecule has 1 aromatic heterocycles. The van der Waals surface area contributed by atoms with E-state index in [-0.39, 0.29) is 0 Å². The maximum atomic E-state index is 10.6. The van der Waals surface area contributed by atoms with Crippen molar-refractivity contribution in [2.45, 2.75) is 25.6 Å². The zero-order valence-electron chi connectivity index (χ0n) is 14.6. The van der Waals surface area contributed by atoms with Crippen molar-refractivity contribution < 1.29 is 9.84 Å². The minimum Gasteiger partial charge on any atom is -0.496 e. The van der Waals surface area contributed by atoms with Gasteiger partial charge in [-0.3, -0.25) is 4.90 Å². The van der Waals surface area contributed by atoms with Gasteiger partial charge in [0.05, 0.1) is 18.7 Å². The number of hydrogen-bond acceptors (Lipinski definition) is 3.